The van der Waals surface area contributed by atoms with Crippen molar-refractivity contribution in [3.05, 3.63) is 65.9 Å². The number of nitrogens with two attached hydrogens (primary N) is 3. The molecule has 6 nitrogen and oxygen atoms in total. The number of nitrogen functional groups attached to an aromatic ring is 1. The summed E-state index contributed by atoms with van der Waals surface area (Å²) in [5, 5.41) is 1.13. The Kier molecular flexibility index (Phi) is 4.84. The Bertz CT molecular complexity index is 1220. The molecule has 1 heterocycles. The van der Waals surface area contributed by atoms with Gasteiger partial charge in [0, 0.05) is 22.3 Å². The number of aryl methyl sites for hydroxylation is 1. The smallest absolute Gasteiger partial charge is 0.293 e. The van der Waals surface area contributed by atoms with Crippen molar-refractivity contribution in [3.8, 4) is 23.0 Å². The molecule has 1 aromatic heterocycles. The van der Waals surface area contributed by atoms with E-state index in [9.17, 15) is 9.59 Å². The lowest BCUT2D eigenvalue weighted by atomic mass is 9.95. The van der Waals surface area contributed by atoms with Gasteiger partial charge in [-0.05, 0) is 24.1 Å². The van der Waals surface area contributed by atoms with Gasteiger partial charge >= 0.3 is 0 Å². The molecule has 0 aliphatic carbocycles. The molecule has 28 heavy (non-hydrogen) atoms. The summed E-state index contributed by atoms with van der Waals surface area (Å²) in [6, 6.07) is 13.5. The molecule has 3 rings (SSSR count). The minimum Gasteiger partial charge on any atom is -0.383 e. The third kappa shape index (κ3) is 3.55. The van der Waals surface area contributed by atoms with Crippen molar-refractivity contribution in [2.24, 2.45) is 11.5 Å². The molecule has 0 fully saturated rings. The molecule has 2 amide bonds. The van der Waals surface area contributed by atoms with E-state index in [2.05, 4.69) is 23.4 Å². The molecule has 0 bridgehead atoms. The van der Waals surface area contributed by atoms with Crippen LogP contribution in [-0.2, 0) is 4.79 Å². The van der Waals surface area contributed by atoms with Crippen molar-refractivity contribution in [2.75, 3.05) is 5.73 Å². The summed E-state index contributed by atoms with van der Waals surface area (Å²) in [4.78, 5) is 27.4. The first-order chi connectivity index (χ1) is 13.3. The Morgan fingerprint density at radius 1 is 1.00 bits per heavy atom. The number of hydrogen-bond acceptors (Lipinski definition) is 4. The van der Waals surface area contributed by atoms with Gasteiger partial charge in [0.05, 0.1) is 11.3 Å². The number of amides is 2. The van der Waals surface area contributed by atoms with Gasteiger partial charge in [0.25, 0.3) is 11.8 Å². The van der Waals surface area contributed by atoms with E-state index in [4.69, 9.17) is 17.2 Å². The van der Waals surface area contributed by atoms with Crippen LogP contribution in [0.2, 0.25) is 0 Å². The van der Waals surface area contributed by atoms with Crippen molar-refractivity contribution in [1.29, 1.82) is 0 Å². The number of carbonyl (C=O) groups is 2. The molecule has 0 unspecified atom stereocenters. The molecule has 0 saturated heterocycles. The maximum atomic E-state index is 12.3. The molecule has 6 heteroatoms. The number of carbonyl (C=O) groups excluding carboxylic acids is 2. The second-order valence-corrected chi connectivity index (χ2v) is 6.31. The molecule has 0 atom stereocenters. The first kappa shape index (κ1) is 18.7. The summed E-state index contributed by atoms with van der Waals surface area (Å²) in [5.41, 5.74) is 20.2. The third-order valence-corrected chi connectivity index (χ3v) is 4.25. The fourth-order valence-corrected chi connectivity index (χ4v) is 3.01. The van der Waals surface area contributed by atoms with Crippen LogP contribution < -0.4 is 17.2 Å². The monoisotopic (exact) mass is 370 g/mol. The molecular formula is C22H18N4O2. The molecule has 3 aromatic rings. The number of rotatable bonds is 3. The number of nitrogens with zero attached hydrogens (tertiary/aromatic N) is 1. The first-order valence-electron chi connectivity index (χ1n) is 8.38. The number of pyridine rings is 1. The Morgan fingerprint density at radius 2 is 1.71 bits per heavy atom. The molecule has 6 N–H and O–H groups in total. The van der Waals surface area contributed by atoms with Crippen LogP contribution in [0.1, 0.15) is 21.6 Å². The number of aromatic nitrogens is 1. The van der Waals surface area contributed by atoms with Crippen molar-refractivity contribution in [1.82, 2.24) is 4.98 Å². The minimum atomic E-state index is -0.822. The van der Waals surface area contributed by atoms with Crippen molar-refractivity contribution >= 4 is 34.0 Å². The standard InChI is InChI=1S/C22H18N4O2/c1-12-4-3-5-14(10-12)15-7-8-16-17(11-15)19(22(25)28)20(26-21(16)24)13(2)6-9-18(23)27/h3-5,7-8,10-11H,2H2,1H3,(H2,23,27)(H2,24,26)(H2,25,28). The molecule has 0 aliphatic heterocycles. The van der Waals surface area contributed by atoms with Gasteiger partial charge in [-0.2, -0.15) is 0 Å². The van der Waals surface area contributed by atoms with Gasteiger partial charge in [0.15, 0.2) is 0 Å². The van der Waals surface area contributed by atoms with Crippen molar-refractivity contribution in [2.45, 2.75) is 6.92 Å². The lowest BCUT2D eigenvalue weighted by molar-refractivity contribution is -0.112. The Balaban J connectivity index is 2.31. The zero-order valence-corrected chi connectivity index (χ0v) is 15.2. The Labute approximate surface area is 162 Å². The van der Waals surface area contributed by atoms with Crippen LogP contribution in [0.5, 0.6) is 0 Å². The summed E-state index contributed by atoms with van der Waals surface area (Å²) < 4.78 is 0. The molecular weight excluding hydrogens is 352 g/mol. The van der Waals surface area contributed by atoms with Gasteiger partial charge in [-0.3, -0.25) is 9.59 Å². The molecule has 0 saturated carbocycles. The first-order valence-corrected chi connectivity index (χ1v) is 8.38. The Morgan fingerprint density at radius 3 is 2.36 bits per heavy atom. The largest absolute Gasteiger partial charge is 0.383 e. The molecule has 2 aromatic carbocycles. The van der Waals surface area contributed by atoms with E-state index in [0.29, 0.717) is 10.8 Å². The highest BCUT2D eigenvalue weighted by molar-refractivity contribution is 6.13. The summed E-state index contributed by atoms with van der Waals surface area (Å²) in [7, 11) is 0. The second-order valence-electron chi connectivity index (χ2n) is 6.31. The number of primary amides is 2. The highest BCUT2D eigenvalue weighted by atomic mass is 16.1. The van der Waals surface area contributed by atoms with Gasteiger partial charge in [-0.25, -0.2) is 4.98 Å². The highest BCUT2D eigenvalue weighted by Gasteiger charge is 2.19. The maximum absolute atomic E-state index is 12.3. The van der Waals surface area contributed by atoms with Crippen molar-refractivity contribution in [3.63, 3.8) is 0 Å². The van der Waals surface area contributed by atoms with Crippen molar-refractivity contribution < 1.29 is 9.59 Å². The molecule has 0 radical (unpaired) electrons. The van der Waals surface area contributed by atoms with Gasteiger partial charge in [-0.15, -0.1) is 0 Å². The van der Waals surface area contributed by atoms with Gasteiger partial charge in [-0.1, -0.05) is 54.5 Å². The van der Waals surface area contributed by atoms with E-state index in [1.807, 2.05) is 43.3 Å². The molecule has 0 aliphatic rings. The van der Waals surface area contributed by atoms with Crippen LogP contribution in [0, 0.1) is 18.8 Å². The second kappa shape index (κ2) is 7.25. The fraction of sp³-hybridized carbons (Fsp3) is 0.0455. The van der Waals surface area contributed by atoms with Gasteiger partial charge in [0.2, 0.25) is 0 Å². The minimum absolute atomic E-state index is 0.127. The van der Waals surface area contributed by atoms with Crippen LogP contribution in [0.15, 0.2) is 49.0 Å². The van der Waals surface area contributed by atoms with E-state index >= 15 is 0 Å². The summed E-state index contributed by atoms with van der Waals surface area (Å²) in [6.07, 6.45) is 0. The number of hydrogen-bond donors (Lipinski definition) is 3. The zero-order valence-electron chi connectivity index (χ0n) is 15.2. The summed E-state index contributed by atoms with van der Waals surface area (Å²) in [6.45, 7) is 5.77. The predicted molar refractivity (Wildman–Crippen MR) is 111 cm³/mol. The SMILES string of the molecule is C=C(C#CC(N)=O)c1nc(N)c2ccc(-c3cccc(C)c3)cc2c1C(N)=O. The van der Waals surface area contributed by atoms with Gasteiger partial charge < -0.3 is 17.2 Å². The van der Waals surface area contributed by atoms with Crippen LogP contribution in [-0.4, -0.2) is 16.8 Å². The van der Waals surface area contributed by atoms with E-state index in [1.165, 1.54) is 0 Å². The van der Waals surface area contributed by atoms with Gasteiger partial charge in [0.1, 0.15) is 5.82 Å². The number of fused-ring (bicyclic) bond motifs is 1. The van der Waals surface area contributed by atoms with E-state index in [0.717, 1.165) is 16.7 Å². The molecule has 0 spiro atoms. The number of benzene rings is 2. The number of allylic oxidation sites excluding steroid dienone is 1. The van der Waals surface area contributed by atoms with Crippen LogP contribution >= 0.6 is 0 Å². The lowest BCUT2D eigenvalue weighted by Gasteiger charge is -2.13. The average molecular weight is 370 g/mol. The third-order valence-electron chi connectivity index (χ3n) is 4.25. The summed E-state index contributed by atoms with van der Waals surface area (Å²) in [5.74, 6) is 3.35. The van der Waals surface area contributed by atoms with E-state index < -0.39 is 11.8 Å². The quantitative estimate of drug-likeness (QED) is 0.612. The Hall–Kier alpha value is -4.11. The number of anilines is 1. The topological polar surface area (TPSA) is 125 Å². The van der Waals surface area contributed by atoms with Crippen LogP contribution in [0.3, 0.4) is 0 Å². The normalized spacial score (nSPS) is 10.2. The fourth-order valence-electron chi connectivity index (χ4n) is 3.01. The molecule has 138 valence electrons. The van der Waals surface area contributed by atoms with E-state index in [-0.39, 0.29) is 22.6 Å². The zero-order chi connectivity index (χ0) is 20.4. The van der Waals surface area contributed by atoms with E-state index in [1.54, 1.807) is 6.07 Å². The highest BCUT2D eigenvalue weighted by Crippen LogP contribution is 2.32. The lowest BCUT2D eigenvalue weighted by Crippen LogP contribution is -2.16. The average Bonchev–Trinajstić information content (AvgIpc) is 2.65. The predicted octanol–water partition coefficient (Wildman–Crippen LogP) is 2.39. The van der Waals surface area contributed by atoms with Crippen LogP contribution in [0.25, 0.3) is 27.5 Å². The summed E-state index contributed by atoms with van der Waals surface area (Å²) >= 11 is 0. The maximum Gasteiger partial charge on any atom is 0.293 e. The van der Waals surface area contributed by atoms with Crippen LogP contribution in [0.4, 0.5) is 5.82 Å².